The molecule has 0 atom stereocenters. The van der Waals surface area contributed by atoms with Crippen molar-refractivity contribution in [2.45, 2.75) is 6.92 Å². The van der Waals surface area contributed by atoms with Crippen molar-refractivity contribution >= 4 is 5.97 Å². The van der Waals surface area contributed by atoms with E-state index in [0.29, 0.717) is 13.1 Å². The fourth-order valence-corrected chi connectivity index (χ4v) is 0. The zero-order valence-electron chi connectivity index (χ0n) is 6.89. The van der Waals surface area contributed by atoms with Gasteiger partial charge in [0.15, 0.2) is 0 Å². The summed E-state index contributed by atoms with van der Waals surface area (Å²) in [4.78, 5) is 8.89. The number of rotatable bonds is 1. The Balaban J connectivity index is -0.0000000300. The molecule has 0 aliphatic carbocycles. The van der Waals surface area contributed by atoms with E-state index in [0.717, 1.165) is 6.92 Å². The van der Waals surface area contributed by atoms with E-state index >= 15 is 0 Å². The van der Waals surface area contributed by atoms with Crippen molar-refractivity contribution in [1.29, 1.82) is 0 Å². The quantitative estimate of drug-likeness (QED) is 0.377. The summed E-state index contributed by atoms with van der Waals surface area (Å²) in [6, 6.07) is 0. The first-order valence-corrected chi connectivity index (χ1v) is 2.22. The number of carboxylic acid groups (broad SMARTS) is 1. The van der Waals surface area contributed by atoms with Gasteiger partial charge < -0.3 is 21.4 Å². The zero-order valence-corrected chi connectivity index (χ0v) is 10.9. The first-order chi connectivity index (χ1) is 3.65. The van der Waals surface area contributed by atoms with Crippen LogP contribution >= 0.6 is 0 Å². The fraction of sp³-hybridized carbons (Fsp3) is 0.750. The number of carboxylic acids is 1. The molecule has 4 nitrogen and oxygen atoms in total. The van der Waals surface area contributed by atoms with E-state index in [1.54, 1.807) is 0 Å². The van der Waals surface area contributed by atoms with Gasteiger partial charge in [0.1, 0.15) is 0 Å². The number of carbonyl (C=O) groups is 1. The zero-order chi connectivity index (χ0) is 6.99. The van der Waals surface area contributed by atoms with Gasteiger partial charge in [-0.25, -0.2) is 0 Å². The van der Waals surface area contributed by atoms with Gasteiger partial charge in [-0.3, -0.25) is 0 Å². The molecule has 0 bridgehead atoms. The van der Waals surface area contributed by atoms with Gasteiger partial charge in [-0.15, -0.1) is 0 Å². The number of hydrogen-bond donors (Lipinski definition) is 2. The number of nitrogens with two attached hydrogens (primary N) is 2. The molecule has 0 amide bonds. The molecule has 0 spiro atoms. The molecule has 0 radical (unpaired) electrons. The molecule has 4 N–H and O–H groups in total. The molecule has 0 heterocycles. The van der Waals surface area contributed by atoms with E-state index in [9.17, 15) is 0 Å². The summed E-state index contributed by atoms with van der Waals surface area (Å²) >= 11 is 0. The molecule has 0 aromatic carbocycles. The van der Waals surface area contributed by atoms with Gasteiger partial charge in [-0.2, -0.15) is 0 Å². The van der Waals surface area contributed by atoms with Crippen LogP contribution in [0.15, 0.2) is 0 Å². The third-order valence-electron chi connectivity index (χ3n) is 0.167. The Hall–Kier alpha value is 1.39. The summed E-state index contributed by atoms with van der Waals surface area (Å²) in [5.41, 5.74) is 9.81. The second-order valence-electron chi connectivity index (χ2n) is 1.07. The molecule has 0 fully saturated rings. The van der Waals surface area contributed by atoms with Crippen LogP contribution in [-0.2, 0) is 4.79 Å². The van der Waals surface area contributed by atoms with Crippen LogP contribution in [0, 0.1) is 0 Å². The van der Waals surface area contributed by atoms with Crippen molar-refractivity contribution < 1.29 is 69.0 Å². The van der Waals surface area contributed by atoms with E-state index in [1.807, 2.05) is 0 Å². The van der Waals surface area contributed by atoms with Gasteiger partial charge >= 0.3 is 59.1 Å². The maximum absolute atomic E-state index is 8.89. The topological polar surface area (TPSA) is 92.2 Å². The van der Waals surface area contributed by atoms with Gasteiger partial charge in [0.2, 0.25) is 0 Å². The van der Waals surface area contributed by atoms with Crippen LogP contribution in [0.5, 0.6) is 0 Å². The van der Waals surface area contributed by atoms with Crippen molar-refractivity contribution in [3.05, 3.63) is 0 Å². The molecule has 0 saturated heterocycles. The van der Waals surface area contributed by atoms with Crippen molar-refractivity contribution in [2.24, 2.45) is 11.5 Å². The monoisotopic (exact) mass is 165 g/mol. The first-order valence-electron chi connectivity index (χ1n) is 2.22. The van der Waals surface area contributed by atoms with Crippen molar-refractivity contribution in [3.8, 4) is 0 Å². The van der Waals surface area contributed by atoms with Crippen molar-refractivity contribution in [2.75, 3.05) is 13.1 Å². The Bertz CT molecular complexity index is 57.2. The van der Waals surface area contributed by atoms with E-state index in [4.69, 9.17) is 21.4 Å². The summed E-state index contributed by atoms with van der Waals surface area (Å²) in [6.07, 6.45) is 0. The smallest absolute Gasteiger partial charge is 0.550 e. The minimum atomic E-state index is -1.08. The molecule has 0 saturated carbocycles. The maximum atomic E-state index is 8.89. The average molecular weight is 165 g/mol. The molecule has 0 unspecified atom stereocenters. The minimum absolute atomic E-state index is 0. The van der Waals surface area contributed by atoms with Gasteiger partial charge in [0, 0.05) is 19.1 Å². The second kappa shape index (κ2) is 22.4. The standard InChI is InChI=1S/C2H8N2.C2H4O2.2Na/c3-1-2-4;1-2(3)4;;/h1-4H2;1H3,(H,3,4);;/q;;2*+1/p-1. The molecule has 6 heteroatoms. The van der Waals surface area contributed by atoms with E-state index < -0.39 is 5.97 Å². The Labute approximate surface area is 105 Å². The molecule has 0 aromatic heterocycles. The number of aliphatic carboxylic acids is 1. The molecule has 0 rings (SSSR count). The molecule has 0 aliphatic rings. The third kappa shape index (κ3) is 116. The van der Waals surface area contributed by atoms with E-state index in [2.05, 4.69) is 0 Å². The van der Waals surface area contributed by atoms with Crippen molar-refractivity contribution in [3.63, 3.8) is 0 Å². The van der Waals surface area contributed by atoms with E-state index in [-0.39, 0.29) is 59.1 Å². The Morgan fingerprint density at radius 3 is 1.40 bits per heavy atom. The molecule has 50 valence electrons. The van der Waals surface area contributed by atoms with Crippen LogP contribution in [0.2, 0.25) is 0 Å². The normalized spacial score (nSPS) is 5.50. The van der Waals surface area contributed by atoms with Crippen LogP contribution < -0.4 is 75.7 Å². The maximum Gasteiger partial charge on any atom is 1.00 e. The average Bonchev–Trinajstić information content (AvgIpc) is 1.65. The molecule has 10 heavy (non-hydrogen) atoms. The van der Waals surface area contributed by atoms with Crippen molar-refractivity contribution in [1.82, 2.24) is 0 Å². The summed E-state index contributed by atoms with van der Waals surface area (Å²) in [5, 5.41) is 8.89. The summed E-state index contributed by atoms with van der Waals surface area (Å²) in [7, 11) is 0. The molecular weight excluding hydrogens is 154 g/mol. The van der Waals surface area contributed by atoms with Crippen LogP contribution in [-0.4, -0.2) is 19.1 Å². The van der Waals surface area contributed by atoms with Gasteiger partial charge in [-0.05, 0) is 6.92 Å². The Kier molecular flexibility index (Phi) is 50.5. The fourth-order valence-electron chi connectivity index (χ4n) is 0. The molecule has 0 aromatic rings. The van der Waals surface area contributed by atoms with Crippen LogP contribution in [0.1, 0.15) is 6.92 Å². The van der Waals surface area contributed by atoms with Gasteiger partial charge in [-0.1, -0.05) is 0 Å². The number of hydrogen-bond acceptors (Lipinski definition) is 4. The van der Waals surface area contributed by atoms with E-state index in [1.165, 1.54) is 0 Å². The summed E-state index contributed by atoms with van der Waals surface area (Å²) in [6.45, 7) is 2.17. The van der Waals surface area contributed by atoms with Gasteiger partial charge in [0.05, 0.1) is 0 Å². The molecular formula is C4H11N2Na2O2+. The SMILES string of the molecule is CC(=O)[O-].NCCN.[Na+].[Na+]. The van der Waals surface area contributed by atoms with Gasteiger partial charge in [0.25, 0.3) is 0 Å². The first kappa shape index (κ1) is 22.5. The van der Waals surface area contributed by atoms with Crippen LogP contribution in [0.3, 0.4) is 0 Å². The largest absolute Gasteiger partial charge is 1.00 e. The second-order valence-corrected chi connectivity index (χ2v) is 1.07. The predicted molar refractivity (Wildman–Crippen MR) is 28.8 cm³/mol. The van der Waals surface area contributed by atoms with Crippen LogP contribution in [0.25, 0.3) is 0 Å². The molecule has 0 aliphatic heterocycles. The van der Waals surface area contributed by atoms with Crippen LogP contribution in [0.4, 0.5) is 0 Å². The third-order valence-corrected chi connectivity index (χ3v) is 0.167. The Morgan fingerprint density at radius 1 is 1.30 bits per heavy atom. The summed E-state index contributed by atoms with van der Waals surface area (Å²) < 4.78 is 0. The number of carbonyl (C=O) groups excluding carboxylic acids is 1. The minimum Gasteiger partial charge on any atom is -0.550 e. The Morgan fingerprint density at radius 2 is 1.40 bits per heavy atom. The predicted octanol–water partition coefficient (Wildman–Crippen LogP) is -8.33. The summed E-state index contributed by atoms with van der Waals surface area (Å²) in [5.74, 6) is -1.08.